The molecule has 128 valence electrons. The van der Waals surface area contributed by atoms with Gasteiger partial charge in [-0.2, -0.15) is 7.05 Å². The van der Waals surface area contributed by atoms with E-state index in [4.69, 9.17) is 11.6 Å². The van der Waals surface area contributed by atoms with Crippen LogP contribution in [-0.4, -0.2) is 16.4 Å². The zero-order valence-corrected chi connectivity index (χ0v) is 15.5. The van der Waals surface area contributed by atoms with Gasteiger partial charge in [-0.15, -0.1) is 18.2 Å². The van der Waals surface area contributed by atoms with Crippen molar-refractivity contribution >= 4 is 22.5 Å². The molecule has 2 aliphatic rings. The molecule has 2 nitrogen and oxygen atoms in total. The first-order chi connectivity index (χ1) is 11.4. The quantitative estimate of drug-likeness (QED) is 0.468. The topological polar surface area (TPSA) is 32.4 Å². The minimum Gasteiger partial charge on any atom is -0.475 e. The maximum absolute atomic E-state index is 6.92. The Morgan fingerprint density at radius 1 is 1.38 bits per heavy atom. The van der Waals surface area contributed by atoms with Crippen molar-refractivity contribution in [3.8, 4) is 0 Å². The summed E-state index contributed by atoms with van der Waals surface area (Å²) in [6, 6.07) is 6.94. The van der Waals surface area contributed by atoms with Gasteiger partial charge in [-0.25, -0.2) is 0 Å². The van der Waals surface area contributed by atoms with E-state index in [-0.39, 0.29) is 16.2 Å². The van der Waals surface area contributed by atoms with E-state index >= 15 is 0 Å². The summed E-state index contributed by atoms with van der Waals surface area (Å²) in [7, 11) is 4.19. The average molecular weight is 343 g/mol. The first-order valence-corrected chi connectivity index (χ1v) is 9.30. The summed E-state index contributed by atoms with van der Waals surface area (Å²) >= 11 is 6.92. The normalized spacial score (nSPS) is 37.2. The van der Waals surface area contributed by atoms with Gasteiger partial charge in [0, 0.05) is 28.4 Å². The first kappa shape index (κ1) is 16.2. The van der Waals surface area contributed by atoms with Crippen LogP contribution in [0.1, 0.15) is 44.2 Å². The molecule has 1 aromatic heterocycles. The maximum atomic E-state index is 6.92. The summed E-state index contributed by atoms with van der Waals surface area (Å²) in [5.74, 6) is 0.934. The van der Waals surface area contributed by atoms with Gasteiger partial charge in [-0.3, -0.25) is 0 Å². The van der Waals surface area contributed by atoms with Crippen LogP contribution in [0.3, 0.4) is 0 Å². The molecule has 4 rings (SSSR count). The fourth-order valence-electron chi connectivity index (χ4n) is 5.50. The number of hydrogen-bond acceptors (Lipinski definition) is 0. The van der Waals surface area contributed by atoms with Gasteiger partial charge in [0.15, 0.2) is 0 Å². The number of fused-ring (bicyclic) bond motifs is 2. The van der Waals surface area contributed by atoms with Gasteiger partial charge >= 0.3 is 0 Å². The highest BCUT2D eigenvalue weighted by atomic mass is 35.5. The van der Waals surface area contributed by atoms with Gasteiger partial charge in [0.05, 0.1) is 11.5 Å². The second-order valence-electron chi connectivity index (χ2n) is 8.36. The molecule has 0 bridgehead atoms. The van der Waals surface area contributed by atoms with Crippen LogP contribution < -0.4 is 5.32 Å². The monoisotopic (exact) mass is 342 g/mol. The fraction of sp³-hybridized carbons (Fsp3) is 0.476. The van der Waals surface area contributed by atoms with Crippen molar-refractivity contribution in [2.24, 2.45) is 11.3 Å². The molecule has 2 aromatic rings. The summed E-state index contributed by atoms with van der Waals surface area (Å²) < 4.78 is 0. The van der Waals surface area contributed by atoms with E-state index in [9.17, 15) is 0 Å². The van der Waals surface area contributed by atoms with Gasteiger partial charge in [0.25, 0.3) is 0 Å². The van der Waals surface area contributed by atoms with Crippen LogP contribution in [0.4, 0.5) is 0 Å². The van der Waals surface area contributed by atoms with Crippen molar-refractivity contribution in [1.29, 1.82) is 0 Å². The third-order valence-electron chi connectivity index (χ3n) is 7.08. The van der Waals surface area contributed by atoms with Crippen molar-refractivity contribution in [1.82, 2.24) is 4.98 Å². The molecule has 1 aromatic carbocycles. The molecule has 0 amide bonds. The van der Waals surface area contributed by atoms with Crippen LogP contribution >= 0.6 is 11.6 Å². The molecule has 1 saturated carbocycles. The lowest BCUT2D eigenvalue weighted by molar-refractivity contribution is -0.654. The van der Waals surface area contributed by atoms with Crippen LogP contribution in [0, 0.1) is 18.4 Å². The predicted octanol–water partition coefficient (Wildman–Crippen LogP) is 4.09. The number of H-pyrrole nitrogens is 1. The molecular weight excluding hydrogens is 316 g/mol. The molecule has 0 unspecified atom stereocenters. The van der Waals surface area contributed by atoms with Gasteiger partial charge < -0.3 is 10.3 Å². The third kappa shape index (κ3) is 1.82. The van der Waals surface area contributed by atoms with E-state index in [1.807, 2.05) is 0 Å². The Morgan fingerprint density at radius 3 is 2.79 bits per heavy atom. The van der Waals surface area contributed by atoms with Crippen molar-refractivity contribution < 1.29 is 5.32 Å². The van der Waals surface area contributed by atoms with Crippen molar-refractivity contribution in [3.63, 3.8) is 0 Å². The molecule has 0 spiro atoms. The van der Waals surface area contributed by atoms with E-state index in [0.29, 0.717) is 17.9 Å². The van der Waals surface area contributed by atoms with Crippen molar-refractivity contribution in [3.05, 3.63) is 55.2 Å². The number of nitrogens with two attached hydrogens (primary N) is 1. The van der Waals surface area contributed by atoms with Crippen LogP contribution in [0.25, 0.3) is 10.9 Å². The SMILES string of the molecule is C=C[C@@]1(C)[C@H](Cl)C[C@H]2[C@@H](c3c[nH]c4cccc(c34)C2(C)C)[C@H]1[NH2+][CH2-]. The number of quaternary nitrogens is 1. The molecule has 2 aliphatic carbocycles. The Kier molecular flexibility index (Phi) is 3.47. The Hall–Kier alpha value is -1.25. The van der Waals surface area contributed by atoms with Gasteiger partial charge in [0.2, 0.25) is 0 Å². The lowest BCUT2D eigenvalue weighted by Gasteiger charge is -2.56. The highest BCUT2D eigenvalue weighted by molar-refractivity contribution is 6.21. The minimum absolute atomic E-state index is 0.0817. The molecule has 5 atom stereocenters. The number of rotatable bonds is 2. The lowest BCUT2D eigenvalue weighted by Crippen LogP contribution is -2.91. The van der Waals surface area contributed by atoms with Crippen LogP contribution in [0.5, 0.6) is 0 Å². The molecule has 0 aliphatic heterocycles. The van der Waals surface area contributed by atoms with Gasteiger partial charge in [-0.1, -0.05) is 32.1 Å². The number of halogens is 1. The number of aromatic amines is 1. The zero-order chi connectivity index (χ0) is 17.3. The predicted molar refractivity (Wildman–Crippen MR) is 101 cm³/mol. The lowest BCUT2D eigenvalue weighted by atomic mass is 9.51. The molecule has 24 heavy (non-hydrogen) atoms. The Bertz CT molecular complexity index is 805. The molecule has 0 saturated heterocycles. The molecule has 3 heteroatoms. The highest BCUT2D eigenvalue weighted by Gasteiger charge is 2.57. The smallest absolute Gasteiger partial charge is 0.0797 e. The minimum atomic E-state index is -0.129. The summed E-state index contributed by atoms with van der Waals surface area (Å²) in [6.07, 6.45) is 5.29. The molecule has 1 fully saturated rings. The second-order valence-corrected chi connectivity index (χ2v) is 8.89. The van der Waals surface area contributed by atoms with E-state index in [1.165, 1.54) is 22.0 Å². The van der Waals surface area contributed by atoms with E-state index in [1.54, 1.807) is 0 Å². The summed E-state index contributed by atoms with van der Waals surface area (Å²) in [6.45, 7) is 11.1. The maximum Gasteiger partial charge on any atom is 0.0797 e. The number of nitrogens with one attached hydrogen (secondary N) is 1. The second kappa shape index (κ2) is 5.12. The van der Waals surface area contributed by atoms with E-state index < -0.39 is 0 Å². The van der Waals surface area contributed by atoms with E-state index in [2.05, 4.69) is 75.2 Å². The summed E-state index contributed by atoms with van der Waals surface area (Å²) in [5.41, 5.74) is 4.09. The number of hydrogen-bond donors (Lipinski definition) is 2. The third-order valence-corrected chi connectivity index (χ3v) is 7.73. The Balaban J connectivity index is 2.01. The largest absolute Gasteiger partial charge is 0.475 e. The zero-order valence-electron chi connectivity index (χ0n) is 14.8. The summed E-state index contributed by atoms with van der Waals surface area (Å²) in [5, 5.41) is 3.62. The number of aromatic nitrogens is 1. The van der Waals surface area contributed by atoms with Crippen LogP contribution in [0.15, 0.2) is 37.1 Å². The average Bonchev–Trinajstić information content (AvgIpc) is 2.99. The fourth-order valence-corrected chi connectivity index (χ4v) is 5.93. The molecule has 1 heterocycles. The summed E-state index contributed by atoms with van der Waals surface area (Å²) in [4.78, 5) is 3.50. The Labute approximate surface area is 149 Å². The van der Waals surface area contributed by atoms with Crippen molar-refractivity contribution in [2.45, 2.75) is 49.9 Å². The van der Waals surface area contributed by atoms with Crippen molar-refractivity contribution in [2.75, 3.05) is 0 Å². The Morgan fingerprint density at radius 2 is 2.12 bits per heavy atom. The van der Waals surface area contributed by atoms with Gasteiger partial charge in [-0.05, 0) is 41.9 Å². The molecule has 0 radical (unpaired) electrons. The standard InChI is InChI=1S/C21H27ClN2/c1-6-21(4)16(22)10-14-18(19(21)23-5)12-11-24-15-9-7-8-13(17(12)15)20(14,2)3/h6-9,11,14,16,18-19,24H,1,5,10,23H2,2-4H3/t14-,16+,18+,19+,21-/m0/s1. The van der Waals surface area contributed by atoms with Crippen LogP contribution in [0.2, 0.25) is 0 Å². The highest BCUT2D eigenvalue weighted by Crippen LogP contribution is 2.59. The van der Waals surface area contributed by atoms with E-state index in [0.717, 1.165) is 6.42 Å². The molecular formula is C21H27ClN2. The van der Waals surface area contributed by atoms with Crippen LogP contribution in [-0.2, 0) is 5.41 Å². The van der Waals surface area contributed by atoms with Gasteiger partial charge in [0.1, 0.15) is 0 Å². The first-order valence-electron chi connectivity index (χ1n) is 8.87. The number of benzene rings is 1. The molecule has 3 N–H and O–H groups in total. The number of alkyl halides is 1.